The first-order valence-electron chi connectivity index (χ1n) is 14.5. The van der Waals surface area contributed by atoms with Crippen molar-refractivity contribution in [2.24, 2.45) is 17.8 Å². The summed E-state index contributed by atoms with van der Waals surface area (Å²) in [6.45, 7) is 5.62. The van der Waals surface area contributed by atoms with Gasteiger partial charge >= 0.3 is 0 Å². The first-order valence-corrected chi connectivity index (χ1v) is 16.4. The summed E-state index contributed by atoms with van der Waals surface area (Å²) in [5.74, 6) is 1.65. The Kier molecular flexibility index (Phi) is 8.59. The Morgan fingerprint density at radius 2 is 1.72 bits per heavy atom. The largest absolute Gasteiger partial charge is 0.352 e. The summed E-state index contributed by atoms with van der Waals surface area (Å²) in [6.07, 6.45) is 11.3. The summed E-state index contributed by atoms with van der Waals surface area (Å²) in [7, 11) is -3.01. The second kappa shape index (κ2) is 11.5. The van der Waals surface area contributed by atoms with Gasteiger partial charge in [-0.3, -0.25) is 20.7 Å². The van der Waals surface area contributed by atoms with Gasteiger partial charge < -0.3 is 16.0 Å². The van der Waals surface area contributed by atoms with Gasteiger partial charge in [0, 0.05) is 30.4 Å². The summed E-state index contributed by atoms with van der Waals surface area (Å²) in [6, 6.07) is 1.16. The normalized spacial score (nSPS) is 44.1. The number of nitrogens with one attached hydrogen (secondary N) is 6. The SMILES string of the molecule is CC1CCC(NC(=O)C2CC3CC(S(C)(=O)=O)CCC3N2)CC1NC1NCCC(C2CCCNC2)N1. The Balaban J connectivity index is 1.10. The highest BCUT2D eigenvalue weighted by Gasteiger charge is 2.43. The molecule has 3 heterocycles. The van der Waals surface area contributed by atoms with E-state index >= 15 is 0 Å². The molecule has 5 rings (SSSR count). The molecule has 36 heavy (non-hydrogen) atoms. The molecular weight excluding hydrogens is 476 g/mol. The molecule has 6 N–H and O–H groups in total. The van der Waals surface area contributed by atoms with Crippen LogP contribution in [0.15, 0.2) is 0 Å². The fourth-order valence-corrected chi connectivity index (χ4v) is 8.70. The fraction of sp³-hybridized carbons (Fsp3) is 0.962. The van der Waals surface area contributed by atoms with Crippen LogP contribution in [-0.4, -0.2) is 82.0 Å². The molecule has 10 heteroatoms. The van der Waals surface area contributed by atoms with Crippen LogP contribution in [-0.2, 0) is 14.6 Å². The number of hydrogen-bond acceptors (Lipinski definition) is 8. The second-order valence-corrected chi connectivity index (χ2v) is 14.7. The van der Waals surface area contributed by atoms with E-state index in [-0.39, 0.29) is 41.5 Å². The lowest BCUT2D eigenvalue weighted by Gasteiger charge is -2.42. The molecule has 5 fully saturated rings. The van der Waals surface area contributed by atoms with Crippen molar-refractivity contribution in [3.05, 3.63) is 0 Å². The third kappa shape index (κ3) is 6.43. The topological polar surface area (TPSA) is 123 Å². The van der Waals surface area contributed by atoms with Gasteiger partial charge in [-0.25, -0.2) is 8.42 Å². The summed E-state index contributed by atoms with van der Waals surface area (Å²) in [5.41, 5.74) is 0. The van der Waals surface area contributed by atoms with E-state index in [4.69, 9.17) is 0 Å². The van der Waals surface area contributed by atoms with E-state index in [9.17, 15) is 13.2 Å². The lowest BCUT2D eigenvalue weighted by atomic mass is 9.82. The lowest BCUT2D eigenvalue weighted by Crippen LogP contribution is -2.66. The van der Waals surface area contributed by atoms with Gasteiger partial charge in [0.2, 0.25) is 5.91 Å². The van der Waals surface area contributed by atoms with Crippen LogP contribution in [0.25, 0.3) is 0 Å². The summed E-state index contributed by atoms with van der Waals surface area (Å²) >= 11 is 0. The molecule has 10 unspecified atom stereocenters. The van der Waals surface area contributed by atoms with Crippen molar-refractivity contribution in [3.63, 3.8) is 0 Å². The maximum Gasteiger partial charge on any atom is 0.237 e. The molecule has 0 radical (unpaired) electrons. The molecule has 206 valence electrons. The molecule has 3 aliphatic heterocycles. The Bertz CT molecular complexity index is 866. The zero-order chi connectivity index (χ0) is 25.3. The smallest absolute Gasteiger partial charge is 0.237 e. The van der Waals surface area contributed by atoms with E-state index in [1.54, 1.807) is 0 Å². The van der Waals surface area contributed by atoms with Gasteiger partial charge in [-0.2, -0.15) is 0 Å². The average molecular weight is 525 g/mol. The van der Waals surface area contributed by atoms with E-state index in [0.717, 1.165) is 51.7 Å². The van der Waals surface area contributed by atoms with Crippen molar-refractivity contribution in [1.29, 1.82) is 0 Å². The molecule has 0 aromatic heterocycles. The van der Waals surface area contributed by atoms with Gasteiger partial charge in [0.15, 0.2) is 0 Å². The molecule has 10 atom stereocenters. The van der Waals surface area contributed by atoms with Gasteiger partial charge in [-0.1, -0.05) is 6.92 Å². The van der Waals surface area contributed by atoms with E-state index in [2.05, 4.69) is 38.8 Å². The number of hydrogen-bond donors (Lipinski definition) is 6. The van der Waals surface area contributed by atoms with Crippen LogP contribution in [0.4, 0.5) is 0 Å². The van der Waals surface area contributed by atoms with Gasteiger partial charge in [0.25, 0.3) is 0 Å². The number of fused-ring (bicyclic) bond motifs is 1. The molecule has 5 aliphatic rings. The third-order valence-corrected chi connectivity index (χ3v) is 11.5. The van der Waals surface area contributed by atoms with Crippen molar-refractivity contribution in [1.82, 2.24) is 31.9 Å². The van der Waals surface area contributed by atoms with Gasteiger partial charge in [-0.15, -0.1) is 0 Å². The number of carbonyl (C=O) groups excluding carboxylic acids is 1. The predicted octanol–water partition coefficient (Wildman–Crippen LogP) is 0.428. The van der Waals surface area contributed by atoms with E-state index in [1.165, 1.54) is 25.5 Å². The lowest BCUT2D eigenvalue weighted by molar-refractivity contribution is -0.124. The zero-order valence-corrected chi connectivity index (χ0v) is 22.9. The first-order chi connectivity index (χ1) is 17.3. The van der Waals surface area contributed by atoms with Crippen molar-refractivity contribution in [2.75, 3.05) is 25.9 Å². The molecule has 1 amide bonds. The van der Waals surface area contributed by atoms with Crippen LogP contribution in [0, 0.1) is 17.8 Å². The summed E-state index contributed by atoms with van der Waals surface area (Å²) in [4.78, 5) is 13.2. The van der Waals surface area contributed by atoms with Crippen molar-refractivity contribution in [3.8, 4) is 0 Å². The minimum absolute atomic E-state index is 0.0948. The molecular formula is C26H48N6O3S. The van der Waals surface area contributed by atoms with Gasteiger partial charge in [0.1, 0.15) is 16.1 Å². The van der Waals surface area contributed by atoms with Crippen LogP contribution < -0.4 is 31.9 Å². The van der Waals surface area contributed by atoms with Crippen LogP contribution >= 0.6 is 0 Å². The van der Waals surface area contributed by atoms with Crippen LogP contribution in [0.2, 0.25) is 0 Å². The van der Waals surface area contributed by atoms with Crippen molar-refractivity contribution < 1.29 is 13.2 Å². The molecule has 2 aliphatic carbocycles. The molecule has 0 bridgehead atoms. The van der Waals surface area contributed by atoms with Gasteiger partial charge in [0.05, 0.1) is 11.3 Å². The Morgan fingerprint density at radius 3 is 2.50 bits per heavy atom. The second-order valence-electron chi connectivity index (χ2n) is 12.4. The number of rotatable bonds is 6. The average Bonchev–Trinajstić information content (AvgIpc) is 3.30. The van der Waals surface area contributed by atoms with Crippen LogP contribution in [0.3, 0.4) is 0 Å². The molecule has 0 aromatic carbocycles. The highest BCUT2D eigenvalue weighted by Crippen LogP contribution is 2.36. The van der Waals surface area contributed by atoms with Crippen LogP contribution in [0.1, 0.15) is 71.1 Å². The Hall–Kier alpha value is -0.780. The third-order valence-electron chi connectivity index (χ3n) is 9.82. The molecule has 2 saturated carbocycles. The Labute approximate surface area is 217 Å². The van der Waals surface area contributed by atoms with Crippen molar-refractivity contribution >= 4 is 15.7 Å². The number of amides is 1. The monoisotopic (exact) mass is 524 g/mol. The molecule has 3 saturated heterocycles. The van der Waals surface area contributed by atoms with Crippen LogP contribution in [0.5, 0.6) is 0 Å². The van der Waals surface area contributed by atoms with E-state index in [1.807, 2.05) is 0 Å². The molecule has 0 aromatic rings. The van der Waals surface area contributed by atoms with E-state index < -0.39 is 9.84 Å². The number of sulfone groups is 1. The first kappa shape index (κ1) is 26.8. The predicted molar refractivity (Wildman–Crippen MR) is 142 cm³/mol. The maximum atomic E-state index is 13.2. The quantitative estimate of drug-likeness (QED) is 0.296. The number of carbonyl (C=O) groups is 1. The Morgan fingerprint density at radius 1 is 0.889 bits per heavy atom. The summed E-state index contributed by atoms with van der Waals surface area (Å²) < 4.78 is 24.1. The number of piperidine rings is 1. The maximum absolute atomic E-state index is 13.2. The summed E-state index contributed by atoms with van der Waals surface area (Å²) in [5, 5.41) is 21.5. The van der Waals surface area contributed by atoms with Crippen molar-refractivity contribution in [2.45, 2.75) is 113 Å². The fourth-order valence-electron chi connectivity index (χ4n) is 7.54. The minimum Gasteiger partial charge on any atom is -0.352 e. The molecule has 0 spiro atoms. The molecule has 9 nitrogen and oxygen atoms in total. The minimum atomic E-state index is -3.01. The highest BCUT2D eigenvalue weighted by molar-refractivity contribution is 7.91. The highest BCUT2D eigenvalue weighted by atomic mass is 32.2. The zero-order valence-electron chi connectivity index (χ0n) is 22.1. The van der Waals surface area contributed by atoms with E-state index in [0.29, 0.717) is 36.8 Å². The standard InChI is InChI=1S/C26H48N6O3S/c1-16-5-6-19(14-23(16)32-26-28-11-9-22(31-26)17-4-3-10-27-15-17)29-25(33)24-13-18-12-20(36(2,34)35)7-8-21(18)30-24/h16-24,26-28,30-32H,3-15H2,1-2H3,(H,29,33). The van der Waals surface area contributed by atoms with Gasteiger partial charge in [-0.05, 0) is 102 Å².